The molecule has 4 aromatic rings. The van der Waals surface area contributed by atoms with Gasteiger partial charge < -0.3 is 20.2 Å². The topological polar surface area (TPSA) is 76.8 Å². The van der Waals surface area contributed by atoms with Crippen molar-refractivity contribution >= 4 is 39.2 Å². The zero-order valence-electron chi connectivity index (χ0n) is 16.4. The predicted octanol–water partition coefficient (Wildman–Crippen LogP) is 4.23. The quantitative estimate of drug-likeness (QED) is 0.464. The summed E-state index contributed by atoms with van der Waals surface area (Å²) in [5.74, 6) is 1.17. The number of imidazole rings is 1. The van der Waals surface area contributed by atoms with Crippen molar-refractivity contribution in [3.8, 4) is 11.4 Å². The van der Waals surface area contributed by atoms with E-state index in [1.54, 1.807) is 0 Å². The molecule has 2 aromatic carbocycles. The van der Waals surface area contributed by atoms with E-state index >= 15 is 0 Å². The van der Waals surface area contributed by atoms with Crippen molar-refractivity contribution in [2.45, 2.75) is 18.9 Å². The van der Waals surface area contributed by atoms with Crippen molar-refractivity contribution in [1.29, 1.82) is 0 Å². The van der Waals surface area contributed by atoms with E-state index in [4.69, 9.17) is 16.6 Å². The smallest absolute Gasteiger partial charge is 0.261 e. The van der Waals surface area contributed by atoms with Gasteiger partial charge in [-0.1, -0.05) is 29.8 Å². The molecule has 3 aliphatic heterocycles. The van der Waals surface area contributed by atoms with E-state index in [1.807, 2.05) is 42.5 Å². The summed E-state index contributed by atoms with van der Waals surface area (Å²) >= 11 is 6.65. The summed E-state index contributed by atoms with van der Waals surface area (Å²) < 4.78 is 0. The van der Waals surface area contributed by atoms with Crippen LogP contribution in [0.15, 0.2) is 47.3 Å². The SMILES string of the molecule is O=c1[nH]c2cccc(Cl)c2c(N[C@H]2CN3CCC2CC3)c1-c1nc2ccccc2[nH]1. The summed E-state index contributed by atoms with van der Waals surface area (Å²) in [6.07, 6.45) is 2.37. The molecular formula is C23H22ClN5O. The van der Waals surface area contributed by atoms with Crippen LogP contribution in [0.25, 0.3) is 33.3 Å². The molecule has 30 heavy (non-hydrogen) atoms. The number of anilines is 1. The molecule has 0 radical (unpaired) electrons. The molecule has 3 saturated heterocycles. The third-order valence-electron chi connectivity index (χ3n) is 6.60. The number of halogens is 1. The number of aromatic nitrogens is 3. The molecule has 7 rings (SSSR count). The molecule has 0 aliphatic carbocycles. The highest BCUT2D eigenvalue weighted by molar-refractivity contribution is 6.36. The normalized spacial score (nSPS) is 23.3. The molecule has 3 aliphatic rings. The summed E-state index contributed by atoms with van der Waals surface area (Å²) in [4.78, 5) is 26.8. The van der Waals surface area contributed by atoms with Gasteiger partial charge in [-0.05, 0) is 56.1 Å². The van der Waals surface area contributed by atoms with Gasteiger partial charge in [0.2, 0.25) is 0 Å². The first-order chi connectivity index (χ1) is 14.7. The summed E-state index contributed by atoms with van der Waals surface area (Å²) in [6, 6.07) is 13.7. The lowest BCUT2D eigenvalue weighted by Crippen LogP contribution is -2.53. The monoisotopic (exact) mass is 419 g/mol. The average Bonchev–Trinajstić information content (AvgIpc) is 3.18. The van der Waals surface area contributed by atoms with Crippen molar-refractivity contribution in [3.63, 3.8) is 0 Å². The standard InChI is InChI=1S/C23H22ClN5O/c24-14-4-3-7-17-19(14)21(25-18-12-29-10-8-13(18)9-11-29)20(23(30)28-17)22-26-15-5-1-2-6-16(15)27-22/h1-7,13,18H,8-12H2,(H,26,27)(H2,25,28,30)/t18-/m0/s1. The Hall–Kier alpha value is -2.83. The molecule has 7 heteroatoms. The second kappa shape index (κ2) is 6.86. The minimum Gasteiger partial charge on any atom is -0.379 e. The van der Waals surface area contributed by atoms with E-state index in [0.717, 1.165) is 47.3 Å². The first kappa shape index (κ1) is 18.0. The van der Waals surface area contributed by atoms with Crippen LogP contribution in [0.5, 0.6) is 0 Å². The van der Waals surface area contributed by atoms with Crippen molar-refractivity contribution < 1.29 is 0 Å². The van der Waals surface area contributed by atoms with Gasteiger partial charge in [-0.2, -0.15) is 0 Å². The van der Waals surface area contributed by atoms with Gasteiger partial charge in [-0.15, -0.1) is 0 Å². The molecule has 2 aromatic heterocycles. The highest BCUT2D eigenvalue weighted by atomic mass is 35.5. The Balaban J connectivity index is 1.58. The van der Waals surface area contributed by atoms with Crippen LogP contribution >= 0.6 is 11.6 Å². The van der Waals surface area contributed by atoms with Crippen LogP contribution in [-0.4, -0.2) is 45.5 Å². The Bertz CT molecular complexity index is 1290. The van der Waals surface area contributed by atoms with Crippen LogP contribution in [0, 0.1) is 5.92 Å². The fourth-order valence-corrected chi connectivity index (χ4v) is 5.33. The minimum absolute atomic E-state index is 0.174. The minimum atomic E-state index is -0.174. The Labute approximate surface area is 178 Å². The number of H-pyrrole nitrogens is 2. The summed E-state index contributed by atoms with van der Waals surface area (Å²) in [7, 11) is 0. The first-order valence-corrected chi connectivity index (χ1v) is 10.8. The van der Waals surface area contributed by atoms with Crippen LogP contribution in [0.1, 0.15) is 12.8 Å². The number of nitrogens with one attached hydrogen (secondary N) is 3. The molecule has 3 N–H and O–H groups in total. The number of rotatable bonds is 3. The highest BCUT2D eigenvalue weighted by Gasteiger charge is 2.35. The number of aromatic amines is 2. The van der Waals surface area contributed by atoms with Crippen molar-refractivity contribution in [1.82, 2.24) is 19.9 Å². The second-order valence-corrected chi connectivity index (χ2v) is 8.77. The zero-order chi connectivity index (χ0) is 20.2. The van der Waals surface area contributed by atoms with Crippen LogP contribution < -0.4 is 10.9 Å². The van der Waals surface area contributed by atoms with E-state index in [2.05, 4.69) is 20.2 Å². The summed E-state index contributed by atoms with van der Waals surface area (Å²) in [5.41, 5.74) is 3.59. The van der Waals surface area contributed by atoms with Crippen LogP contribution in [0.2, 0.25) is 5.02 Å². The molecule has 1 atom stereocenters. The van der Waals surface area contributed by atoms with Gasteiger partial charge in [-0.3, -0.25) is 4.79 Å². The molecule has 2 bridgehead atoms. The van der Waals surface area contributed by atoms with Crippen molar-refractivity contribution in [2.75, 3.05) is 25.0 Å². The highest BCUT2D eigenvalue weighted by Crippen LogP contribution is 2.38. The van der Waals surface area contributed by atoms with Gasteiger partial charge in [-0.25, -0.2) is 4.98 Å². The Morgan fingerprint density at radius 2 is 1.83 bits per heavy atom. The number of fused-ring (bicyclic) bond motifs is 5. The first-order valence-electron chi connectivity index (χ1n) is 10.5. The van der Waals surface area contributed by atoms with E-state index in [1.165, 1.54) is 12.8 Å². The number of pyridine rings is 1. The molecule has 0 saturated carbocycles. The van der Waals surface area contributed by atoms with Crippen molar-refractivity contribution in [3.05, 3.63) is 57.8 Å². The van der Waals surface area contributed by atoms with Gasteiger partial charge in [0.25, 0.3) is 5.56 Å². The summed E-state index contributed by atoms with van der Waals surface area (Å²) in [6.45, 7) is 3.31. The maximum absolute atomic E-state index is 13.2. The number of hydrogen-bond acceptors (Lipinski definition) is 4. The summed E-state index contributed by atoms with van der Waals surface area (Å²) in [5, 5.41) is 5.20. The number of nitrogens with zero attached hydrogens (tertiary/aromatic N) is 2. The number of piperidine rings is 3. The lowest BCUT2D eigenvalue weighted by molar-refractivity contribution is 0.0976. The van der Waals surface area contributed by atoms with Crippen LogP contribution in [0.4, 0.5) is 5.69 Å². The number of para-hydroxylation sites is 2. The Morgan fingerprint density at radius 3 is 2.60 bits per heavy atom. The lowest BCUT2D eigenvalue weighted by Gasteiger charge is -2.45. The fourth-order valence-electron chi connectivity index (χ4n) is 5.06. The Kier molecular flexibility index (Phi) is 4.11. The molecule has 0 amide bonds. The third kappa shape index (κ3) is 2.82. The van der Waals surface area contributed by atoms with E-state index in [0.29, 0.717) is 22.3 Å². The van der Waals surface area contributed by atoms with E-state index in [-0.39, 0.29) is 11.6 Å². The molecule has 5 heterocycles. The van der Waals surface area contributed by atoms with Gasteiger partial charge in [0.15, 0.2) is 0 Å². The molecule has 0 spiro atoms. The third-order valence-corrected chi connectivity index (χ3v) is 6.92. The molecule has 0 unspecified atom stereocenters. The lowest BCUT2D eigenvalue weighted by atomic mass is 9.83. The number of hydrogen-bond donors (Lipinski definition) is 3. The maximum Gasteiger partial charge on any atom is 0.261 e. The second-order valence-electron chi connectivity index (χ2n) is 8.36. The van der Waals surface area contributed by atoms with Gasteiger partial charge >= 0.3 is 0 Å². The maximum atomic E-state index is 13.2. The largest absolute Gasteiger partial charge is 0.379 e. The zero-order valence-corrected chi connectivity index (χ0v) is 17.2. The van der Waals surface area contributed by atoms with Crippen LogP contribution in [-0.2, 0) is 0 Å². The van der Waals surface area contributed by atoms with Gasteiger partial charge in [0.1, 0.15) is 11.4 Å². The van der Waals surface area contributed by atoms with Gasteiger partial charge in [0, 0.05) is 18.0 Å². The molecular weight excluding hydrogens is 398 g/mol. The average molecular weight is 420 g/mol. The van der Waals surface area contributed by atoms with E-state index in [9.17, 15) is 4.79 Å². The predicted molar refractivity (Wildman–Crippen MR) is 121 cm³/mol. The molecule has 152 valence electrons. The molecule has 3 fully saturated rings. The Morgan fingerprint density at radius 1 is 1.03 bits per heavy atom. The number of benzene rings is 2. The van der Waals surface area contributed by atoms with Crippen LogP contribution in [0.3, 0.4) is 0 Å². The fraction of sp³-hybridized carbons (Fsp3) is 0.304. The molecule has 6 nitrogen and oxygen atoms in total. The van der Waals surface area contributed by atoms with Crippen molar-refractivity contribution in [2.24, 2.45) is 5.92 Å². The van der Waals surface area contributed by atoms with Gasteiger partial charge in [0.05, 0.1) is 27.3 Å². The van der Waals surface area contributed by atoms with E-state index < -0.39 is 0 Å².